The fourth-order valence-corrected chi connectivity index (χ4v) is 3.41. The molecule has 0 saturated heterocycles. The molecular formula is C21H19NO4. The van der Waals surface area contributed by atoms with E-state index in [-0.39, 0.29) is 11.8 Å². The Morgan fingerprint density at radius 3 is 2.54 bits per heavy atom. The van der Waals surface area contributed by atoms with Gasteiger partial charge in [-0.25, -0.2) is 0 Å². The lowest BCUT2D eigenvalue weighted by molar-refractivity contribution is -0.136. The average molecular weight is 349 g/mol. The molecule has 0 amide bonds. The Morgan fingerprint density at radius 2 is 1.88 bits per heavy atom. The predicted molar refractivity (Wildman–Crippen MR) is 99.1 cm³/mol. The number of pyridine rings is 1. The minimum absolute atomic E-state index is 0.227. The zero-order chi connectivity index (χ0) is 18.3. The van der Waals surface area contributed by atoms with Crippen molar-refractivity contribution in [1.82, 2.24) is 4.57 Å². The van der Waals surface area contributed by atoms with Crippen molar-refractivity contribution in [3.8, 4) is 11.5 Å². The number of fused-ring (bicyclic) bond motifs is 1. The van der Waals surface area contributed by atoms with Crippen molar-refractivity contribution in [3.05, 3.63) is 70.0 Å². The van der Waals surface area contributed by atoms with Gasteiger partial charge in [-0.3, -0.25) is 9.59 Å². The van der Waals surface area contributed by atoms with Crippen LogP contribution in [0.15, 0.2) is 53.3 Å². The first-order valence-corrected chi connectivity index (χ1v) is 8.67. The summed E-state index contributed by atoms with van der Waals surface area (Å²) in [6.07, 6.45) is 1.83. The molecular weight excluding hydrogens is 330 g/mol. The quantitative estimate of drug-likeness (QED) is 0.754. The number of ether oxygens (including phenoxy) is 1. The van der Waals surface area contributed by atoms with Gasteiger partial charge in [-0.15, -0.1) is 0 Å². The van der Waals surface area contributed by atoms with Crippen molar-refractivity contribution in [3.63, 3.8) is 0 Å². The lowest BCUT2D eigenvalue weighted by Crippen LogP contribution is -2.21. The van der Waals surface area contributed by atoms with Gasteiger partial charge >= 0.3 is 5.97 Å². The van der Waals surface area contributed by atoms with E-state index in [0.29, 0.717) is 28.5 Å². The van der Waals surface area contributed by atoms with Crippen LogP contribution in [0.25, 0.3) is 10.9 Å². The molecule has 1 aliphatic rings. The second-order valence-electron chi connectivity index (χ2n) is 6.66. The van der Waals surface area contributed by atoms with Crippen LogP contribution in [0.1, 0.15) is 30.1 Å². The molecule has 0 radical (unpaired) electrons. The van der Waals surface area contributed by atoms with E-state index in [4.69, 9.17) is 4.74 Å². The lowest BCUT2D eigenvalue weighted by Gasteiger charge is -2.18. The molecule has 0 spiro atoms. The van der Waals surface area contributed by atoms with E-state index in [1.165, 1.54) is 0 Å². The molecule has 5 nitrogen and oxygen atoms in total. The highest BCUT2D eigenvalue weighted by molar-refractivity contribution is 5.83. The molecule has 1 heterocycles. The van der Waals surface area contributed by atoms with Crippen molar-refractivity contribution in [2.45, 2.75) is 32.2 Å². The summed E-state index contributed by atoms with van der Waals surface area (Å²) >= 11 is 0. The second-order valence-corrected chi connectivity index (χ2v) is 6.66. The second kappa shape index (κ2) is 6.33. The van der Waals surface area contributed by atoms with E-state index < -0.39 is 5.97 Å². The fraction of sp³-hybridized carbons (Fsp3) is 0.238. The van der Waals surface area contributed by atoms with Gasteiger partial charge in [0.15, 0.2) is 5.43 Å². The van der Waals surface area contributed by atoms with Gasteiger partial charge in [0.25, 0.3) is 0 Å². The summed E-state index contributed by atoms with van der Waals surface area (Å²) in [6, 6.07) is 15.2. The first kappa shape index (κ1) is 16.4. The van der Waals surface area contributed by atoms with Gasteiger partial charge in [0.05, 0.1) is 11.9 Å². The van der Waals surface area contributed by atoms with E-state index in [2.05, 4.69) is 4.57 Å². The molecule has 1 aromatic heterocycles. The Bertz CT molecular complexity index is 1050. The van der Waals surface area contributed by atoms with E-state index >= 15 is 0 Å². The number of para-hydroxylation sites is 1. The summed E-state index contributed by atoms with van der Waals surface area (Å²) < 4.78 is 7.96. The largest absolute Gasteiger partial charge is 0.481 e. The normalized spacial score (nSPS) is 13.7. The third-order valence-electron chi connectivity index (χ3n) is 4.76. The summed E-state index contributed by atoms with van der Waals surface area (Å²) in [5.41, 5.74) is 1.72. The minimum atomic E-state index is -0.997. The molecule has 1 aliphatic carbocycles. The van der Waals surface area contributed by atoms with E-state index in [9.17, 15) is 14.7 Å². The van der Waals surface area contributed by atoms with Crippen LogP contribution in [-0.4, -0.2) is 15.6 Å². The summed E-state index contributed by atoms with van der Waals surface area (Å²) in [5, 5.41) is 9.72. The van der Waals surface area contributed by atoms with Crippen LogP contribution < -0.4 is 10.2 Å². The monoisotopic (exact) mass is 349 g/mol. The van der Waals surface area contributed by atoms with Gasteiger partial charge in [-0.2, -0.15) is 0 Å². The molecule has 5 heteroatoms. The molecule has 0 atom stereocenters. The van der Waals surface area contributed by atoms with Crippen molar-refractivity contribution in [2.24, 2.45) is 0 Å². The maximum absolute atomic E-state index is 13.0. The van der Waals surface area contributed by atoms with E-state index in [1.54, 1.807) is 6.07 Å². The smallest absolute Gasteiger partial charge is 0.308 e. The third kappa shape index (κ3) is 2.96. The number of carbonyl (C=O) groups is 1. The van der Waals surface area contributed by atoms with Crippen LogP contribution in [-0.2, 0) is 11.2 Å². The van der Waals surface area contributed by atoms with Gasteiger partial charge in [0.1, 0.15) is 11.5 Å². The standard InChI is InChI=1S/C21H19NO4/c1-13-17(12-20(23)24)21(25)18-11-16(26-15-5-3-2-4-6-15)9-10-19(18)22(13)14-7-8-14/h2-6,9-11,14H,7-8,12H2,1H3,(H,23,24). The van der Waals surface area contributed by atoms with Gasteiger partial charge in [0.2, 0.25) is 0 Å². The SMILES string of the molecule is Cc1c(CC(=O)O)c(=O)c2cc(Oc3ccccc3)ccc2n1C1CC1. The molecule has 1 N–H and O–H groups in total. The minimum Gasteiger partial charge on any atom is -0.481 e. The predicted octanol–water partition coefficient (Wildman–Crippen LogP) is 4.06. The van der Waals surface area contributed by atoms with Crippen LogP contribution in [0.2, 0.25) is 0 Å². The summed E-state index contributed by atoms with van der Waals surface area (Å²) in [5.74, 6) is 0.254. The van der Waals surface area contributed by atoms with Gasteiger partial charge < -0.3 is 14.4 Å². The lowest BCUT2D eigenvalue weighted by atomic mass is 10.0. The maximum atomic E-state index is 13.0. The highest BCUT2D eigenvalue weighted by atomic mass is 16.5. The molecule has 2 aromatic carbocycles. The van der Waals surface area contributed by atoms with Gasteiger partial charge in [-0.05, 0) is 50.1 Å². The topological polar surface area (TPSA) is 68.5 Å². The fourth-order valence-electron chi connectivity index (χ4n) is 3.41. The zero-order valence-corrected chi connectivity index (χ0v) is 14.4. The Hall–Kier alpha value is -3.08. The number of carboxylic acid groups (broad SMARTS) is 1. The van der Waals surface area contributed by atoms with Crippen molar-refractivity contribution < 1.29 is 14.6 Å². The van der Waals surface area contributed by atoms with Gasteiger partial charge in [0, 0.05) is 22.7 Å². The van der Waals surface area contributed by atoms with Crippen LogP contribution in [0.5, 0.6) is 11.5 Å². The van der Waals surface area contributed by atoms with Crippen molar-refractivity contribution in [2.75, 3.05) is 0 Å². The first-order valence-electron chi connectivity index (χ1n) is 8.67. The highest BCUT2D eigenvalue weighted by Gasteiger charge is 2.28. The molecule has 132 valence electrons. The number of hydrogen-bond donors (Lipinski definition) is 1. The number of aromatic nitrogens is 1. The van der Waals surface area contributed by atoms with E-state index in [0.717, 1.165) is 24.1 Å². The number of rotatable bonds is 5. The number of nitrogens with zero attached hydrogens (tertiary/aromatic N) is 1. The van der Waals surface area contributed by atoms with Crippen molar-refractivity contribution in [1.29, 1.82) is 0 Å². The highest BCUT2D eigenvalue weighted by Crippen LogP contribution is 2.39. The molecule has 26 heavy (non-hydrogen) atoms. The molecule has 1 saturated carbocycles. The molecule has 0 unspecified atom stereocenters. The molecule has 1 fully saturated rings. The average Bonchev–Trinajstić information content (AvgIpc) is 3.45. The number of hydrogen-bond acceptors (Lipinski definition) is 3. The Kier molecular flexibility index (Phi) is 3.99. The summed E-state index contributed by atoms with van der Waals surface area (Å²) in [6.45, 7) is 1.84. The van der Waals surface area contributed by atoms with Gasteiger partial charge in [-0.1, -0.05) is 18.2 Å². The number of benzene rings is 2. The Balaban J connectivity index is 1.88. The third-order valence-corrected chi connectivity index (χ3v) is 4.76. The molecule has 3 aromatic rings. The molecule has 4 rings (SSSR count). The van der Waals surface area contributed by atoms with Crippen molar-refractivity contribution >= 4 is 16.9 Å². The number of aliphatic carboxylic acids is 1. The van der Waals surface area contributed by atoms with Crippen LogP contribution >= 0.6 is 0 Å². The van der Waals surface area contributed by atoms with Crippen LogP contribution in [0.3, 0.4) is 0 Å². The maximum Gasteiger partial charge on any atom is 0.308 e. The Morgan fingerprint density at radius 1 is 1.15 bits per heavy atom. The van der Waals surface area contributed by atoms with E-state index in [1.807, 2.05) is 49.4 Å². The van der Waals surface area contributed by atoms with Crippen LogP contribution in [0.4, 0.5) is 0 Å². The van der Waals surface area contributed by atoms with Crippen LogP contribution in [0, 0.1) is 6.92 Å². The first-order chi connectivity index (χ1) is 12.5. The molecule has 0 aliphatic heterocycles. The summed E-state index contributed by atoms with van der Waals surface area (Å²) in [4.78, 5) is 24.2. The Labute approximate surface area is 150 Å². The number of carboxylic acids is 1. The summed E-state index contributed by atoms with van der Waals surface area (Å²) in [7, 11) is 0. The molecule has 0 bridgehead atoms. The zero-order valence-electron chi connectivity index (χ0n) is 14.4.